The van der Waals surface area contributed by atoms with E-state index in [-0.39, 0.29) is 6.61 Å². The molecule has 0 aliphatic rings. The van der Waals surface area contributed by atoms with E-state index in [1.165, 1.54) is 4.80 Å². The Labute approximate surface area is 151 Å². The number of rotatable bonds is 7. The molecule has 3 rings (SSSR count). The number of tetrazole rings is 1. The fourth-order valence-corrected chi connectivity index (χ4v) is 2.55. The number of anilines is 2. The van der Waals surface area contributed by atoms with Crippen molar-refractivity contribution in [1.82, 2.24) is 20.2 Å². The van der Waals surface area contributed by atoms with Crippen LogP contribution in [0.3, 0.4) is 0 Å². The molecule has 26 heavy (non-hydrogen) atoms. The first-order valence-corrected chi connectivity index (χ1v) is 8.47. The lowest BCUT2D eigenvalue weighted by Crippen LogP contribution is -2.45. The molecule has 8 nitrogen and oxygen atoms in total. The maximum atomic E-state index is 8.99. The molecule has 136 valence electrons. The molecule has 3 aromatic rings. The first-order chi connectivity index (χ1) is 12.5. The van der Waals surface area contributed by atoms with Crippen LogP contribution in [0.1, 0.15) is 18.9 Å². The Bertz CT molecular complexity index is 858. The van der Waals surface area contributed by atoms with Crippen LogP contribution in [0.4, 0.5) is 11.4 Å². The fourth-order valence-electron chi connectivity index (χ4n) is 2.55. The molecule has 8 heteroatoms. The summed E-state index contributed by atoms with van der Waals surface area (Å²) >= 11 is 0. The quantitative estimate of drug-likeness (QED) is 0.474. The number of para-hydroxylation sites is 1. The average Bonchev–Trinajstić information content (AvgIpc) is 3.11. The second-order valence-electron chi connectivity index (χ2n) is 6.07. The van der Waals surface area contributed by atoms with Crippen molar-refractivity contribution in [3.63, 3.8) is 0 Å². The van der Waals surface area contributed by atoms with Crippen LogP contribution >= 0.6 is 0 Å². The van der Waals surface area contributed by atoms with E-state index in [2.05, 4.69) is 20.7 Å². The Balaban J connectivity index is 1.84. The number of nitrogens with two attached hydrogens (primary N) is 2. The number of nitrogens with one attached hydrogen (secondary N) is 1. The number of hydrogen-bond acceptors (Lipinski definition) is 7. The fraction of sp³-hybridized carbons (Fsp3) is 0.278. The van der Waals surface area contributed by atoms with Gasteiger partial charge >= 0.3 is 0 Å². The Morgan fingerprint density at radius 3 is 2.54 bits per heavy atom. The molecule has 1 aromatic heterocycles. The molecule has 0 fully saturated rings. The molecule has 1 heterocycles. The summed E-state index contributed by atoms with van der Waals surface area (Å²) in [4.78, 5) is 1.37. The second kappa shape index (κ2) is 7.61. The summed E-state index contributed by atoms with van der Waals surface area (Å²) in [5.41, 5.74) is 14.8. The van der Waals surface area contributed by atoms with Crippen LogP contribution in [0.25, 0.3) is 11.4 Å². The standard InChI is InChI=1S/C18H23N7O/c1-2-18(19,20)13-7-9-14(10-8-13)21-16-6-4-3-5-15(16)17-22-24-25(23-17)11-12-26/h3-10,21,26H,2,11-12,19-20H2,1H3. The highest BCUT2D eigenvalue weighted by molar-refractivity contribution is 5.77. The van der Waals surface area contributed by atoms with Crippen molar-refractivity contribution in [1.29, 1.82) is 0 Å². The highest BCUT2D eigenvalue weighted by Crippen LogP contribution is 2.28. The molecular weight excluding hydrogens is 330 g/mol. The predicted octanol–water partition coefficient (Wildman–Crippen LogP) is 1.56. The molecule has 0 spiro atoms. The number of aromatic nitrogens is 4. The third-order valence-electron chi connectivity index (χ3n) is 4.21. The van der Waals surface area contributed by atoms with Crippen LogP contribution in [0.2, 0.25) is 0 Å². The minimum absolute atomic E-state index is 0.0381. The summed E-state index contributed by atoms with van der Waals surface area (Å²) in [7, 11) is 0. The minimum atomic E-state index is -0.828. The van der Waals surface area contributed by atoms with Gasteiger partial charge in [-0.1, -0.05) is 31.2 Å². The maximum Gasteiger partial charge on any atom is 0.207 e. The third kappa shape index (κ3) is 3.88. The Kier molecular flexibility index (Phi) is 5.27. The van der Waals surface area contributed by atoms with Gasteiger partial charge in [0.2, 0.25) is 5.82 Å². The Morgan fingerprint density at radius 1 is 1.12 bits per heavy atom. The van der Waals surface area contributed by atoms with E-state index in [0.717, 1.165) is 22.5 Å². The van der Waals surface area contributed by atoms with Gasteiger partial charge in [0, 0.05) is 16.9 Å². The smallest absolute Gasteiger partial charge is 0.207 e. The van der Waals surface area contributed by atoms with Crippen molar-refractivity contribution in [2.45, 2.75) is 25.6 Å². The number of nitrogens with zero attached hydrogens (tertiary/aromatic N) is 4. The molecule has 0 aliphatic carbocycles. The van der Waals surface area contributed by atoms with E-state index >= 15 is 0 Å². The molecule has 0 aliphatic heterocycles. The zero-order valence-electron chi connectivity index (χ0n) is 14.6. The molecule has 0 atom stereocenters. The van der Waals surface area contributed by atoms with Crippen molar-refractivity contribution in [2.75, 3.05) is 11.9 Å². The van der Waals surface area contributed by atoms with Crippen molar-refractivity contribution in [3.8, 4) is 11.4 Å². The van der Waals surface area contributed by atoms with Crippen molar-refractivity contribution >= 4 is 11.4 Å². The Hall–Kier alpha value is -2.81. The summed E-state index contributed by atoms with van der Waals surface area (Å²) < 4.78 is 0. The molecule has 6 N–H and O–H groups in total. The number of hydrogen-bond donors (Lipinski definition) is 4. The summed E-state index contributed by atoms with van der Waals surface area (Å²) in [5, 5.41) is 24.6. The van der Waals surface area contributed by atoms with E-state index in [1.54, 1.807) is 0 Å². The van der Waals surface area contributed by atoms with Crippen LogP contribution in [0.5, 0.6) is 0 Å². The monoisotopic (exact) mass is 353 g/mol. The van der Waals surface area contributed by atoms with Gasteiger partial charge in [0.1, 0.15) is 0 Å². The first-order valence-electron chi connectivity index (χ1n) is 8.47. The van der Waals surface area contributed by atoms with Crippen LogP contribution in [0, 0.1) is 0 Å². The van der Waals surface area contributed by atoms with E-state index in [1.807, 2.05) is 55.5 Å². The number of benzene rings is 2. The molecule has 0 saturated carbocycles. The van der Waals surface area contributed by atoms with Crippen LogP contribution < -0.4 is 16.8 Å². The summed E-state index contributed by atoms with van der Waals surface area (Å²) in [6.45, 7) is 2.23. The van der Waals surface area contributed by atoms with E-state index in [9.17, 15) is 0 Å². The van der Waals surface area contributed by atoms with Crippen molar-refractivity contribution < 1.29 is 5.11 Å². The lowest BCUT2D eigenvalue weighted by atomic mass is 9.98. The first kappa shape index (κ1) is 18.0. The van der Waals surface area contributed by atoms with Gasteiger partial charge in [-0.3, -0.25) is 0 Å². The van der Waals surface area contributed by atoms with Crippen LogP contribution in [-0.4, -0.2) is 31.9 Å². The summed E-state index contributed by atoms with van der Waals surface area (Å²) in [5.74, 6) is 0.493. The number of aliphatic hydroxyl groups excluding tert-OH is 1. The lowest BCUT2D eigenvalue weighted by molar-refractivity contribution is 0.259. The predicted molar refractivity (Wildman–Crippen MR) is 100 cm³/mol. The average molecular weight is 353 g/mol. The van der Waals surface area contributed by atoms with Gasteiger partial charge in [-0.05, 0) is 41.5 Å². The minimum Gasteiger partial charge on any atom is -0.394 e. The summed E-state index contributed by atoms with van der Waals surface area (Å²) in [6, 6.07) is 15.4. The highest BCUT2D eigenvalue weighted by Gasteiger charge is 2.18. The van der Waals surface area contributed by atoms with E-state index in [4.69, 9.17) is 16.6 Å². The molecule has 0 amide bonds. The summed E-state index contributed by atoms with van der Waals surface area (Å²) in [6.07, 6.45) is 0.651. The topological polar surface area (TPSA) is 128 Å². The number of aliphatic hydroxyl groups is 1. The van der Waals surface area contributed by atoms with Crippen LogP contribution in [-0.2, 0) is 12.2 Å². The zero-order chi connectivity index (χ0) is 18.6. The normalized spacial score (nSPS) is 11.5. The third-order valence-corrected chi connectivity index (χ3v) is 4.21. The highest BCUT2D eigenvalue weighted by atomic mass is 16.3. The second-order valence-corrected chi connectivity index (χ2v) is 6.07. The molecule has 0 radical (unpaired) electrons. The largest absolute Gasteiger partial charge is 0.394 e. The van der Waals surface area contributed by atoms with Gasteiger partial charge in [-0.25, -0.2) is 0 Å². The van der Waals surface area contributed by atoms with Crippen molar-refractivity contribution in [2.24, 2.45) is 11.5 Å². The van der Waals surface area contributed by atoms with E-state index < -0.39 is 5.66 Å². The molecular formula is C18H23N7O. The molecule has 0 unspecified atom stereocenters. The van der Waals surface area contributed by atoms with Crippen LogP contribution in [0.15, 0.2) is 48.5 Å². The zero-order valence-corrected chi connectivity index (χ0v) is 14.6. The lowest BCUT2D eigenvalue weighted by Gasteiger charge is -2.23. The van der Waals surface area contributed by atoms with Gasteiger partial charge in [0.05, 0.1) is 18.8 Å². The van der Waals surface area contributed by atoms with Gasteiger partial charge in [-0.2, -0.15) is 4.80 Å². The Morgan fingerprint density at radius 2 is 1.85 bits per heavy atom. The molecule has 0 bridgehead atoms. The van der Waals surface area contributed by atoms with E-state index in [0.29, 0.717) is 18.8 Å². The van der Waals surface area contributed by atoms with Gasteiger partial charge < -0.3 is 21.9 Å². The maximum absolute atomic E-state index is 8.99. The van der Waals surface area contributed by atoms with Gasteiger partial charge in [0.15, 0.2) is 0 Å². The van der Waals surface area contributed by atoms with Gasteiger partial charge in [0.25, 0.3) is 0 Å². The van der Waals surface area contributed by atoms with Crippen molar-refractivity contribution in [3.05, 3.63) is 54.1 Å². The van der Waals surface area contributed by atoms with Gasteiger partial charge in [-0.15, -0.1) is 10.2 Å². The SMILES string of the molecule is CCC(N)(N)c1ccc(Nc2ccccc2-c2nnn(CCO)n2)cc1. The molecule has 0 saturated heterocycles. The molecule has 2 aromatic carbocycles.